The molecule has 1 amide bonds. The van der Waals surface area contributed by atoms with E-state index in [1.807, 2.05) is 56.3 Å². The maximum atomic E-state index is 13.7. The van der Waals surface area contributed by atoms with Crippen LogP contribution in [0.4, 0.5) is 0 Å². The van der Waals surface area contributed by atoms with Gasteiger partial charge in [-0.3, -0.25) is 14.2 Å². The molecule has 35 heavy (non-hydrogen) atoms. The van der Waals surface area contributed by atoms with Crippen LogP contribution in [0, 0.1) is 5.92 Å². The van der Waals surface area contributed by atoms with Gasteiger partial charge in [0, 0.05) is 29.0 Å². The second-order valence-corrected chi connectivity index (χ2v) is 9.80. The van der Waals surface area contributed by atoms with E-state index in [2.05, 4.69) is 5.32 Å². The van der Waals surface area contributed by atoms with Gasteiger partial charge in [-0.2, -0.15) is 0 Å². The Morgan fingerprint density at radius 1 is 1.11 bits per heavy atom. The fourth-order valence-electron chi connectivity index (χ4n) is 3.54. The highest BCUT2D eigenvalue weighted by molar-refractivity contribution is 7.98. The van der Waals surface area contributed by atoms with Gasteiger partial charge in [0.15, 0.2) is 5.16 Å². The fraction of sp³-hybridized carbons (Fsp3) is 0.222. The minimum Gasteiger partial charge on any atom is -0.497 e. The first-order valence-electron chi connectivity index (χ1n) is 11.2. The number of carbonyl (C=O) groups is 1. The topological polar surface area (TPSA) is 73.2 Å². The van der Waals surface area contributed by atoms with E-state index < -0.39 is 0 Å². The molecular formula is C27H26ClN3O3S. The molecule has 6 nitrogen and oxygen atoms in total. The van der Waals surface area contributed by atoms with Crippen molar-refractivity contribution in [3.8, 4) is 11.4 Å². The number of nitrogens with one attached hydrogen (secondary N) is 1. The summed E-state index contributed by atoms with van der Waals surface area (Å²) in [5, 5.41) is 4.49. The van der Waals surface area contributed by atoms with E-state index in [0.717, 1.165) is 5.56 Å². The van der Waals surface area contributed by atoms with Crippen molar-refractivity contribution in [2.24, 2.45) is 5.92 Å². The summed E-state index contributed by atoms with van der Waals surface area (Å²) in [5.74, 6) is 1.30. The highest BCUT2D eigenvalue weighted by Gasteiger charge is 2.17. The molecule has 4 rings (SSSR count). The van der Waals surface area contributed by atoms with E-state index in [1.165, 1.54) is 11.8 Å². The van der Waals surface area contributed by atoms with Crippen molar-refractivity contribution < 1.29 is 9.53 Å². The second kappa shape index (κ2) is 11.0. The predicted molar refractivity (Wildman–Crippen MR) is 142 cm³/mol. The molecular weight excluding hydrogens is 482 g/mol. The van der Waals surface area contributed by atoms with Gasteiger partial charge in [-0.1, -0.05) is 61.5 Å². The number of benzene rings is 3. The maximum Gasteiger partial charge on any atom is 0.266 e. The Morgan fingerprint density at radius 2 is 1.91 bits per heavy atom. The number of halogens is 1. The number of fused-ring (bicyclic) bond motifs is 1. The van der Waals surface area contributed by atoms with Gasteiger partial charge in [0.2, 0.25) is 0 Å². The van der Waals surface area contributed by atoms with Crippen LogP contribution in [0.1, 0.15) is 29.8 Å². The predicted octanol–water partition coefficient (Wildman–Crippen LogP) is 5.73. The Morgan fingerprint density at radius 3 is 2.66 bits per heavy atom. The summed E-state index contributed by atoms with van der Waals surface area (Å²) in [6.07, 6.45) is 0. The van der Waals surface area contributed by atoms with Gasteiger partial charge in [-0.15, -0.1) is 0 Å². The second-order valence-electron chi connectivity index (χ2n) is 8.45. The van der Waals surface area contributed by atoms with E-state index in [-0.39, 0.29) is 11.5 Å². The molecule has 180 valence electrons. The van der Waals surface area contributed by atoms with Crippen molar-refractivity contribution in [3.63, 3.8) is 0 Å². The maximum absolute atomic E-state index is 13.7. The number of methoxy groups -OCH3 is 1. The molecule has 0 aliphatic heterocycles. The Kier molecular flexibility index (Phi) is 7.78. The molecule has 1 N–H and O–H groups in total. The average molecular weight is 508 g/mol. The van der Waals surface area contributed by atoms with Crippen molar-refractivity contribution in [3.05, 3.63) is 93.2 Å². The number of thioether (sulfide) groups is 1. The van der Waals surface area contributed by atoms with Gasteiger partial charge in [-0.25, -0.2) is 4.98 Å². The lowest BCUT2D eigenvalue weighted by atomic mass is 10.1. The Labute approximate surface area is 213 Å². The summed E-state index contributed by atoms with van der Waals surface area (Å²) < 4.78 is 6.94. The van der Waals surface area contributed by atoms with Gasteiger partial charge in [0.25, 0.3) is 11.5 Å². The van der Waals surface area contributed by atoms with E-state index >= 15 is 0 Å². The van der Waals surface area contributed by atoms with Crippen LogP contribution in [0.5, 0.6) is 5.75 Å². The summed E-state index contributed by atoms with van der Waals surface area (Å²) in [6, 6.07) is 19.9. The smallest absolute Gasteiger partial charge is 0.266 e. The molecule has 0 fully saturated rings. The van der Waals surface area contributed by atoms with Crippen LogP contribution in [0.2, 0.25) is 5.02 Å². The van der Waals surface area contributed by atoms with E-state index in [1.54, 1.807) is 35.9 Å². The summed E-state index contributed by atoms with van der Waals surface area (Å²) >= 11 is 7.76. The number of aromatic nitrogens is 2. The highest BCUT2D eigenvalue weighted by Crippen LogP contribution is 2.28. The van der Waals surface area contributed by atoms with Gasteiger partial charge >= 0.3 is 0 Å². The zero-order valence-corrected chi connectivity index (χ0v) is 21.3. The first-order chi connectivity index (χ1) is 16.9. The Balaban J connectivity index is 1.82. The molecule has 3 aromatic carbocycles. The molecule has 0 saturated heterocycles. The van der Waals surface area contributed by atoms with Crippen LogP contribution in [0.3, 0.4) is 0 Å². The lowest BCUT2D eigenvalue weighted by molar-refractivity contribution is 0.0949. The molecule has 1 aromatic heterocycles. The summed E-state index contributed by atoms with van der Waals surface area (Å²) in [5.41, 5.74) is 2.29. The van der Waals surface area contributed by atoms with Crippen LogP contribution in [-0.2, 0) is 5.75 Å². The molecule has 0 atom stereocenters. The normalized spacial score (nSPS) is 11.1. The number of amides is 1. The first-order valence-corrected chi connectivity index (χ1v) is 12.6. The number of hydrogen-bond donors (Lipinski definition) is 1. The van der Waals surface area contributed by atoms with Crippen molar-refractivity contribution in [1.82, 2.24) is 14.9 Å². The zero-order valence-electron chi connectivity index (χ0n) is 19.7. The molecule has 0 aliphatic rings. The molecule has 0 spiro atoms. The average Bonchev–Trinajstić information content (AvgIpc) is 2.86. The van der Waals surface area contributed by atoms with Crippen LogP contribution in [-0.4, -0.2) is 29.1 Å². The number of ether oxygens (including phenoxy) is 1. The van der Waals surface area contributed by atoms with Crippen LogP contribution >= 0.6 is 23.4 Å². The third-order valence-electron chi connectivity index (χ3n) is 5.40. The molecule has 8 heteroatoms. The molecule has 0 aliphatic carbocycles. The zero-order chi connectivity index (χ0) is 24.9. The lowest BCUT2D eigenvalue weighted by Gasteiger charge is -2.15. The van der Waals surface area contributed by atoms with Crippen LogP contribution < -0.4 is 15.6 Å². The van der Waals surface area contributed by atoms with Gasteiger partial charge in [0.1, 0.15) is 5.75 Å². The minimum atomic E-state index is -0.223. The minimum absolute atomic E-state index is 0.190. The number of nitrogens with zero attached hydrogens (tertiary/aromatic N) is 2. The van der Waals surface area contributed by atoms with Crippen LogP contribution in [0.25, 0.3) is 16.6 Å². The number of hydrogen-bond acceptors (Lipinski definition) is 5. The molecule has 1 heterocycles. The molecule has 0 saturated carbocycles. The first kappa shape index (κ1) is 24.8. The molecule has 4 aromatic rings. The van der Waals surface area contributed by atoms with Crippen LogP contribution in [0.15, 0.2) is 76.7 Å². The van der Waals surface area contributed by atoms with E-state index in [9.17, 15) is 9.59 Å². The van der Waals surface area contributed by atoms with Crippen molar-refractivity contribution in [1.29, 1.82) is 0 Å². The molecule has 0 unspecified atom stereocenters. The Hall–Kier alpha value is -3.29. The van der Waals surface area contributed by atoms with Crippen molar-refractivity contribution in [2.45, 2.75) is 24.8 Å². The monoisotopic (exact) mass is 507 g/mol. The van der Waals surface area contributed by atoms with Crippen molar-refractivity contribution >= 4 is 40.2 Å². The Bertz CT molecular complexity index is 1440. The lowest BCUT2D eigenvalue weighted by Crippen LogP contribution is -2.27. The van der Waals surface area contributed by atoms with Gasteiger partial charge < -0.3 is 10.1 Å². The summed E-state index contributed by atoms with van der Waals surface area (Å²) in [4.78, 5) is 31.1. The summed E-state index contributed by atoms with van der Waals surface area (Å²) in [6.45, 7) is 4.64. The number of carbonyl (C=O) groups excluding carboxylic acids is 1. The third-order valence-corrected chi connectivity index (χ3v) is 6.75. The number of rotatable bonds is 8. The quantitative estimate of drug-likeness (QED) is 0.244. The third kappa shape index (κ3) is 5.69. The van der Waals surface area contributed by atoms with Crippen molar-refractivity contribution in [2.75, 3.05) is 13.7 Å². The van der Waals surface area contributed by atoms with Gasteiger partial charge in [0.05, 0.1) is 23.7 Å². The summed E-state index contributed by atoms with van der Waals surface area (Å²) in [7, 11) is 1.58. The highest BCUT2D eigenvalue weighted by atomic mass is 35.5. The standard InChI is InChI=1S/C27H26ClN3O3S/c1-17(2)15-29-25(32)18-11-12-22-24(13-18)30-27(35-16-19-7-4-5-10-23(19)28)31(26(22)33)20-8-6-9-21(14-20)34-3/h4-14,17H,15-16H2,1-3H3,(H,29,32). The van der Waals surface area contributed by atoms with E-state index in [0.29, 0.717) is 56.3 Å². The fourth-order valence-corrected chi connectivity index (χ4v) is 4.84. The molecule has 0 radical (unpaired) electrons. The SMILES string of the molecule is COc1cccc(-n2c(SCc3ccccc3Cl)nc3cc(C(=O)NCC(C)C)ccc3c2=O)c1. The largest absolute Gasteiger partial charge is 0.497 e. The molecule has 0 bridgehead atoms. The van der Waals surface area contributed by atoms with Gasteiger partial charge in [-0.05, 0) is 47.9 Å². The van der Waals surface area contributed by atoms with E-state index in [4.69, 9.17) is 21.3 Å².